The third-order valence-corrected chi connectivity index (χ3v) is 10.7. The molecule has 3 aromatic rings. The molecule has 6 rings (SSSR count). The van der Waals surface area contributed by atoms with Gasteiger partial charge in [-0.2, -0.15) is 0 Å². The van der Waals surface area contributed by atoms with Crippen molar-refractivity contribution in [3.63, 3.8) is 0 Å². The van der Waals surface area contributed by atoms with Gasteiger partial charge in [-0.05, 0) is 74.3 Å². The first-order valence-electron chi connectivity index (χ1n) is 16.2. The minimum atomic E-state index is -0.491. The molecule has 0 unspecified atom stereocenters. The lowest BCUT2D eigenvalue weighted by Crippen LogP contribution is -2.46. The van der Waals surface area contributed by atoms with Crippen LogP contribution in [0.25, 0.3) is 11.1 Å². The van der Waals surface area contributed by atoms with Crippen LogP contribution in [-0.2, 0) is 9.59 Å². The molecule has 3 aliphatic rings. The van der Waals surface area contributed by atoms with Gasteiger partial charge in [-0.25, -0.2) is 9.80 Å². The van der Waals surface area contributed by atoms with Crippen molar-refractivity contribution in [3.8, 4) is 0 Å². The molecule has 242 valence electrons. The van der Waals surface area contributed by atoms with Gasteiger partial charge < -0.3 is 0 Å². The van der Waals surface area contributed by atoms with Crippen LogP contribution in [0.15, 0.2) is 57.5 Å². The number of imide groups is 2. The van der Waals surface area contributed by atoms with Gasteiger partial charge in [-0.3, -0.25) is 19.2 Å². The zero-order valence-corrected chi connectivity index (χ0v) is 31.1. The van der Waals surface area contributed by atoms with E-state index in [9.17, 15) is 19.2 Å². The third-order valence-electron chi connectivity index (χ3n) is 9.39. The Morgan fingerprint density at radius 3 is 1.47 bits per heavy atom. The molecule has 4 amide bonds. The molecule has 1 aliphatic carbocycles. The van der Waals surface area contributed by atoms with Crippen LogP contribution in [0.2, 0.25) is 0 Å². The van der Waals surface area contributed by atoms with Crippen molar-refractivity contribution in [2.24, 2.45) is 0 Å². The van der Waals surface area contributed by atoms with Crippen molar-refractivity contribution in [1.29, 1.82) is 0 Å². The van der Waals surface area contributed by atoms with Crippen molar-refractivity contribution in [2.45, 2.75) is 85.5 Å². The summed E-state index contributed by atoms with van der Waals surface area (Å²) >= 11 is 7.35. The van der Waals surface area contributed by atoms with E-state index in [-0.39, 0.29) is 46.8 Å². The average Bonchev–Trinajstić information content (AvgIpc) is 3.15. The standard InChI is InChI=1S/C39H38Br2N2O4/c1-18(2)22-11-9-12-23(19(3)4)34(22)42-36(44)26-15-16-28(40)31-33-30(26)27(37(42)45)17-29(41)32(33)39(47)43(38(31)46)35-24(20(5)6)13-10-14-25(35)21(7)8/h9-15,17-21H,16H2,1-8H3. The van der Waals surface area contributed by atoms with Crippen LogP contribution in [0.5, 0.6) is 0 Å². The van der Waals surface area contributed by atoms with Gasteiger partial charge in [0.15, 0.2) is 0 Å². The molecule has 0 saturated carbocycles. The molecule has 0 N–H and O–H groups in total. The fraction of sp³-hybridized carbons (Fsp3) is 0.333. The zero-order chi connectivity index (χ0) is 34.2. The highest BCUT2D eigenvalue weighted by molar-refractivity contribution is 9.12. The van der Waals surface area contributed by atoms with Crippen LogP contribution in [0.4, 0.5) is 11.4 Å². The molecule has 0 bridgehead atoms. The van der Waals surface area contributed by atoms with E-state index in [1.807, 2.05) is 91.8 Å². The molecule has 0 fully saturated rings. The summed E-state index contributed by atoms with van der Waals surface area (Å²) in [6.45, 7) is 16.4. The van der Waals surface area contributed by atoms with E-state index in [1.54, 1.807) is 12.1 Å². The Balaban J connectivity index is 1.65. The maximum Gasteiger partial charge on any atom is 0.267 e. The van der Waals surface area contributed by atoms with E-state index < -0.39 is 23.6 Å². The summed E-state index contributed by atoms with van der Waals surface area (Å²) in [6.07, 6.45) is 2.02. The lowest BCUT2D eigenvalue weighted by atomic mass is 9.80. The van der Waals surface area contributed by atoms with Gasteiger partial charge >= 0.3 is 0 Å². The van der Waals surface area contributed by atoms with Crippen LogP contribution in [0.3, 0.4) is 0 Å². The molecule has 8 heteroatoms. The van der Waals surface area contributed by atoms with Gasteiger partial charge in [0.05, 0.1) is 28.1 Å². The number of allylic oxidation sites excluding steroid dienone is 2. The van der Waals surface area contributed by atoms with Crippen molar-refractivity contribution < 1.29 is 19.2 Å². The number of halogens is 2. The predicted molar refractivity (Wildman–Crippen MR) is 195 cm³/mol. The summed E-state index contributed by atoms with van der Waals surface area (Å²) in [7, 11) is 0. The van der Waals surface area contributed by atoms with Crippen LogP contribution < -0.4 is 9.80 Å². The smallest absolute Gasteiger partial charge is 0.267 e. The number of para-hydroxylation sites is 2. The summed E-state index contributed by atoms with van der Waals surface area (Å²) in [6, 6.07) is 13.5. The number of nitrogens with zero attached hydrogens (tertiary/aromatic N) is 2. The highest BCUT2D eigenvalue weighted by Gasteiger charge is 2.48. The van der Waals surface area contributed by atoms with Gasteiger partial charge in [0, 0.05) is 25.7 Å². The Morgan fingerprint density at radius 1 is 0.574 bits per heavy atom. The van der Waals surface area contributed by atoms with Crippen molar-refractivity contribution in [1.82, 2.24) is 0 Å². The first kappa shape index (κ1) is 33.3. The van der Waals surface area contributed by atoms with E-state index >= 15 is 0 Å². The fourth-order valence-corrected chi connectivity index (χ4v) is 8.23. The molecule has 0 radical (unpaired) electrons. The number of carbonyl (C=O) groups excluding carboxylic acids is 4. The number of amides is 4. The summed E-state index contributed by atoms with van der Waals surface area (Å²) in [4.78, 5) is 61.3. The molecule has 2 aliphatic heterocycles. The lowest BCUT2D eigenvalue weighted by molar-refractivity contribution is -0.113. The molecular weight excluding hydrogens is 720 g/mol. The maximum absolute atomic E-state index is 14.8. The highest BCUT2D eigenvalue weighted by Crippen LogP contribution is 2.51. The van der Waals surface area contributed by atoms with E-state index in [0.29, 0.717) is 37.0 Å². The Labute approximate surface area is 293 Å². The topological polar surface area (TPSA) is 74.8 Å². The Morgan fingerprint density at radius 2 is 1.02 bits per heavy atom. The average molecular weight is 759 g/mol. The molecule has 3 aromatic carbocycles. The van der Waals surface area contributed by atoms with Crippen LogP contribution in [0.1, 0.15) is 140 Å². The second-order valence-corrected chi connectivity index (χ2v) is 15.5. The zero-order valence-electron chi connectivity index (χ0n) is 27.9. The molecular formula is C39H38Br2N2O4. The molecule has 0 saturated heterocycles. The Bertz CT molecular complexity index is 1930. The van der Waals surface area contributed by atoms with Crippen molar-refractivity contribution >= 4 is 78.0 Å². The van der Waals surface area contributed by atoms with Crippen LogP contribution in [0, 0.1) is 0 Å². The highest BCUT2D eigenvalue weighted by atomic mass is 79.9. The van der Waals surface area contributed by atoms with E-state index in [1.165, 1.54) is 9.80 Å². The van der Waals surface area contributed by atoms with Gasteiger partial charge in [-0.15, -0.1) is 0 Å². The summed E-state index contributed by atoms with van der Waals surface area (Å²) < 4.78 is 0.943. The Hall–Kier alpha value is -3.62. The molecule has 0 atom stereocenters. The molecule has 2 heterocycles. The summed E-state index contributed by atoms with van der Waals surface area (Å²) in [5, 5.41) is 0. The molecule has 6 nitrogen and oxygen atoms in total. The Kier molecular flexibility index (Phi) is 8.58. The normalized spacial score (nSPS) is 16.3. The number of carbonyl (C=O) groups is 4. The van der Waals surface area contributed by atoms with Crippen molar-refractivity contribution in [3.05, 3.63) is 102 Å². The number of anilines is 2. The number of hydrogen-bond donors (Lipinski definition) is 0. The van der Waals surface area contributed by atoms with Gasteiger partial charge in [0.2, 0.25) is 0 Å². The number of rotatable bonds is 6. The second-order valence-electron chi connectivity index (χ2n) is 13.7. The minimum Gasteiger partial charge on any atom is -0.268 e. The molecule has 47 heavy (non-hydrogen) atoms. The number of hydrogen-bond acceptors (Lipinski definition) is 4. The van der Waals surface area contributed by atoms with Crippen molar-refractivity contribution in [2.75, 3.05) is 9.80 Å². The van der Waals surface area contributed by atoms with E-state index in [0.717, 1.165) is 22.3 Å². The fourth-order valence-electron chi connectivity index (χ4n) is 7.10. The molecule has 0 spiro atoms. The summed E-state index contributed by atoms with van der Waals surface area (Å²) in [5.74, 6) is -1.71. The monoisotopic (exact) mass is 756 g/mol. The number of benzene rings is 3. The SMILES string of the molecule is CC(C)c1cccc(C(C)C)c1N1C(=O)C2=CCC(Br)=C3C(=O)N(c4c(C(C)C)cccc4C(C)C)C(=O)c4c(Br)cc(c2c43)C1=O. The summed E-state index contributed by atoms with van der Waals surface area (Å²) in [5.41, 5.74) is 6.59. The lowest BCUT2D eigenvalue weighted by Gasteiger charge is -2.37. The van der Waals surface area contributed by atoms with Gasteiger partial charge in [-0.1, -0.05) is 114 Å². The quantitative estimate of drug-likeness (QED) is 0.235. The third kappa shape index (κ3) is 5.02. The van der Waals surface area contributed by atoms with E-state index in [2.05, 4.69) is 31.9 Å². The maximum atomic E-state index is 14.8. The molecule has 0 aromatic heterocycles. The van der Waals surface area contributed by atoms with Gasteiger partial charge in [0.1, 0.15) is 0 Å². The van der Waals surface area contributed by atoms with Gasteiger partial charge in [0.25, 0.3) is 23.6 Å². The largest absolute Gasteiger partial charge is 0.268 e. The predicted octanol–water partition coefficient (Wildman–Crippen LogP) is 10.2. The van der Waals surface area contributed by atoms with Crippen LogP contribution >= 0.6 is 31.9 Å². The first-order chi connectivity index (χ1) is 22.2. The van der Waals surface area contributed by atoms with E-state index in [4.69, 9.17) is 0 Å². The van der Waals surface area contributed by atoms with Crippen LogP contribution in [-0.4, -0.2) is 23.6 Å². The first-order valence-corrected chi connectivity index (χ1v) is 17.8. The minimum absolute atomic E-state index is 0.0446. The second kappa shape index (κ2) is 12.1.